The molecule has 2 heterocycles. The lowest BCUT2D eigenvalue weighted by molar-refractivity contribution is -0.118. The van der Waals surface area contributed by atoms with E-state index in [4.69, 9.17) is 4.74 Å². The van der Waals surface area contributed by atoms with Crippen molar-refractivity contribution in [2.45, 2.75) is 49.2 Å². The lowest BCUT2D eigenvalue weighted by Gasteiger charge is -2.32. The van der Waals surface area contributed by atoms with E-state index >= 15 is 0 Å². The first kappa shape index (κ1) is 18.0. The number of aryl methyl sites for hydroxylation is 1. The van der Waals surface area contributed by atoms with Gasteiger partial charge < -0.3 is 4.74 Å². The second-order valence-corrected chi connectivity index (χ2v) is 9.31. The van der Waals surface area contributed by atoms with Crippen molar-refractivity contribution in [1.82, 2.24) is 0 Å². The summed E-state index contributed by atoms with van der Waals surface area (Å²) >= 11 is 3.15. The number of amides is 2. The van der Waals surface area contributed by atoms with Crippen molar-refractivity contribution in [2.24, 2.45) is 0 Å². The molecule has 0 N–H and O–H groups in total. The molecule has 1 aromatic carbocycles. The Morgan fingerprint density at radius 1 is 1.24 bits per heavy atom. The Morgan fingerprint density at radius 3 is 2.52 bits per heavy atom. The van der Waals surface area contributed by atoms with E-state index in [0.717, 1.165) is 21.1 Å². The minimum atomic E-state index is -0.659. The predicted molar refractivity (Wildman–Crippen MR) is 102 cm³/mol. The Labute approximate surface area is 156 Å². The van der Waals surface area contributed by atoms with Gasteiger partial charge in [0.05, 0.1) is 9.90 Å². The zero-order valence-corrected chi connectivity index (χ0v) is 16.4. The summed E-state index contributed by atoms with van der Waals surface area (Å²) in [5, 5.41) is -0.440. The average molecular weight is 376 g/mol. The summed E-state index contributed by atoms with van der Waals surface area (Å²) in [6.45, 7) is 7.47. The zero-order valence-electron chi connectivity index (χ0n) is 14.7. The van der Waals surface area contributed by atoms with Crippen molar-refractivity contribution in [3.05, 3.63) is 46.8 Å². The fourth-order valence-electron chi connectivity index (χ4n) is 2.55. The molecule has 1 atom stereocenters. The Kier molecular flexibility index (Phi) is 4.93. The number of imide groups is 1. The monoisotopic (exact) mass is 375 g/mol. The van der Waals surface area contributed by atoms with E-state index in [1.165, 1.54) is 16.7 Å². The molecule has 1 unspecified atom stereocenters. The molecule has 1 aliphatic heterocycles. The van der Waals surface area contributed by atoms with Crippen LogP contribution in [0.3, 0.4) is 0 Å². The Morgan fingerprint density at radius 2 is 1.92 bits per heavy atom. The van der Waals surface area contributed by atoms with E-state index in [0.29, 0.717) is 5.69 Å². The lowest BCUT2D eigenvalue weighted by Crippen LogP contribution is -2.44. The molecule has 1 aromatic heterocycles. The Bertz CT molecular complexity index is 793. The normalized spacial score (nSPS) is 17.4. The number of nitrogens with zero attached hydrogens (tertiary/aromatic N) is 1. The molecule has 132 valence electrons. The molecule has 0 spiro atoms. The topological polar surface area (TPSA) is 46.6 Å². The van der Waals surface area contributed by atoms with Crippen LogP contribution >= 0.6 is 23.1 Å². The van der Waals surface area contributed by atoms with Crippen LogP contribution in [0.15, 0.2) is 40.6 Å². The van der Waals surface area contributed by atoms with Crippen LogP contribution in [-0.2, 0) is 16.0 Å². The maximum absolute atomic E-state index is 13.1. The number of anilines is 1. The molecule has 0 aliphatic carbocycles. The van der Waals surface area contributed by atoms with Gasteiger partial charge in [0, 0.05) is 4.88 Å². The van der Waals surface area contributed by atoms with Gasteiger partial charge in [-0.1, -0.05) is 49.0 Å². The van der Waals surface area contributed by atoms with Crippen molar-refractivity contribution in [1.29, 1.82) is 0 Å². The standard InChI is InChI=1S/C19H21NO3S2/c1-5-13-11-14-17(24-13)25-15(12-9-7-6-8-10-12)16(21)20(14)18(22)23-19(2,3)4/h6-11,15H,5H2,1-4H3. The summed E-state index contributed by atoms with van der Waals surface area (Å²) < 4.78 is 6.48. The minimum absolute atomic E-state index is 0.251. The average Bonchev–Trinajstić information content (AvgIpc) is 2.95. The fourth-order valence-corrected chi connectivity index (χ4v) is 5.15. The number of thioether (sulfide) groups is 1. The third-order valence-corrected chi connectivity index (χ3v) is 6.40. The molecular weight excluding hydrogens is 354 g/mol. The highest BCUT2D eigenvalue weighted by molar-refractivity contribution is 8.02. The van der Waals surface area contributed by atoms with Crippen LogP contribution in [0.1, 0.15) is 43.4 Å². The van der Waals surface area contributed by atoms with Crippen LogP contribution in [0.25, 0.3) is 0 Å². The van der Waals surface area contributed by atoms with Crippen molar-refractivity contribution in [2.75, 3.05) is 4.90 Å². The maximum Gasteiger partial charge on any atom is 0.421 e. The molecule has 0 bridgehead atoms. The molecule has 2 aromatic rings. The van der Waals surface area contributed by atoms with Gasteiger partial charge in [-0.25, -0.2) is 9.69 Å². The number of fused-ring (bicyclic) bond motifs is 1. The van der Waals surface area contributed by atoms with Gasteiger partial charge in [0.1, 0.15) is 10.9 Å². The number of thiophene rings is 1. The quantitative estimate of drug-likeness (QED) is 0.702. The van der Waals surface area contributed by atoms with Crippen molar-refractivity contribution in [3.8, 4) is 0 Å². The highest BCUT2D eigenvalue weighted by atomic mass is 32.2. The van der Waals surface area contributed by atoms with Gasteiger partial charge in [-0.2, -0.15) is 0 Å². The maximum atomic E-state index is 13.1. The number of hydrogen-bond acceptors (Lipinski definition) is 5. The molecule has 3 rings (SSSR count). The summed E-state index contributed by atoms with van der Waals surface area (Å²) in [5.41, 5.74) is 0.884. The first-order valence-electron chi connectivity index (χ1n) is 8.21. The SMILES string of the molecule is CCc1cc2c(s1)SC(c1ccccc1)C(=O)N2C(=O)OC(C)(C)C. The molecule has 0 saturated carbocycles. The largest absolute Gasteiger partial charge is 0.443 e. The predicted octanol–water partition coefficient (Wildman–Crippen LogP) is 5.43. The second kappa shape index (κ2) is 6.84. The number of benzene rings is 1. The van der Waals surface area contributed by atoms with Crippen LogP contribution in [0.5, 0.6) is 0 Å². The number of carbonyl (C=O) groups excluding carboxylic acids is 2. The van der Waals surface area contributed by atoms with Crippen molar-refractivity contribution in [3.63, 3.8) is 0 Å². The first-order chi connectivity index (χ1) is 11.8. The molecule has 0 radical (unpaired) electrons. The van der Waals surface area contributed by atoms with Gasteiger partial charge in [0.25, 0.3) is 5.91 Å². The van der Waals surface area contributed by atoms with Gasteiger partial charge in [-0.3, -0.25) is 4.79 Å². The van der Waals surface area contributed by atoms with Crippen molar-refractivity contribution >= 4 is 40.8 Å². The van der Waals surface area contributed by atoms with E-state index in [9.17, 15) is 9.59 Å². The summed E-state index contributed by atoms with van der Waals surface area (Å²) in [7, 11) is 0. The molecule has 0 saturated heterocycles. The van der Waals surface area contributed by atoms with E-state index < -0.39 is 16.9 Å². The van der Waals surface area contributed by atoms with Gasteiger partial charge in [-0.15, -0.1) is 11.3 Å². The summed E-state index contributed by atoms with van der Waals surface area (Å²) in [5.74, 6) is -0.251. The Hall–Kier alpha value is -1.79. The molecule has 2 amide bonds. The second-order valence-electron chi connectivity index (χ2n) is 6.80. The zero-order chi connectivity index (χ0) is 18.2. The van der Waals surface area contributed by atoms with Gasteiger partial charge in [-0.05, 0) is 38.8 Å². The third kappa shape index (κ3) is 3.75. The molecular formula is C19H21NO3S2. The summed E-state index contributed by atoms with van der Waals surface area (Å²) in [6.07, 6.45) is 0.255. The van der Waals surface area contributed by atoms with Gasteiger partial charge in [0.15, 0.2) is 0 Å². The van der Waals surface area contributed by atoms with E-state index in [1.807, 2.05) is 36.4 Å². The van der Waals surface area contributed by atoms with Crippen LogP contribution in [-0.4, -0.2) is 17.6 Å². The molecule has 1 aliphatic rings. The number of rotatable bonds is 2. The highest BCUT2D eigenvalue weighted by Crippen LogP contribution is 2.50. The summed E-state index contributed by atoms with van der Waals surface area (Å²) in [4.78, 5) is 28.2. The fraction of sp³-hybridized carbons (Fsp3) is 0.368. The minimum Gasteiger partial charge on any atom is -0.443 e. The van der Waals surface area contributed by atoms with Crippen LogP contribution in [0.2, 0.25) is 0 Å². The van der Waals surface area contributed by atoms with Crippen LogP contribution < -0.4 is 4.90 Å². The number of hydrogen-bond donors (Lipinski definition) is 0. The van der Waals surface area contributed by atoms with E-state index in [-0.39, 0.29) is 5.91 Å². The summed E-state index contributed by atoms with van der Waals surface area (Å²) in [6, 6.07) is 11.5. The Balaban J connectivity index is 2.03. The number of carbonyl (C=O) groups is 2. The van der Waals surface area contributed by atoms with Gasteiger partial charge >= 0.3 is 6.09 Å². The van der Waals surface area contributed by atoms with Crippen molar-refractivity contribution < 1.29 is 14.3 Å². The lowest BCUT2D eigenvalue weighted by atomic mass is 10.1. The first-order valence-corrected chi connectivity index (χ1v) is 9.91. The molecule has 25 heavy (non-hydrogen) atoms. The van der Waals surface area contributed by atoms with Crippen LogP contribution in [0.4, 0.5) is 10.5 Å². The van der Waals surface area contributed by atoms with Gasteiger partial charge in [0.2, 0.25) is 0 Å². The molecule has 0 fully saturated rings. The number of ether oxygens (including phenoxy) is 1. The molecule has 4 nitrogen and oxygen atoms in total. The third-order valence-electron chi connectivity index (χ3n) is 3.67. The van der Waals surface area contributed by atoms with E-state index in [1.54, 1.807) is 32.1 Å². The highest BCUT2D eigenvalue weighted by Gasteiger charge is 2.41. The van der Waals surface area contributed by atoms with Crippen LogP contribution in [0, 0.1) is 0 Å². The van der Waals surface area contributed by atoms with E-state index in [2.05, 4.69) is 6.92 Å². The molecule has 6 heteroatoms. The smallest absolute Gasteiger partial charge is 0.421 e.